The molecule has 1 aromatic heterocycles. The number of benzene rings is 2. The van der Waals surface area contributed by atoms with Gasteiger partial charge in [-0.3, -0.25) is 10.1 Å². The van der Waals surface area contributed by atoms with Crippen LogP contribution in [0.25, 0.3) is 5.69 Å². The van der Waals surface area contributed by atoms with E-state index < -0.39 is 4.92 Å². The average molecular weight is 331 g/mol. The van der Waals surface area contributed by atoms with Gasteiger partial charge in [0.25, 0.3) is 5.69 Å². The summed E-state index contributed by atoms with van der Waals surface area (Å²) in [4.78, 5) is 11.2. The van der Waals surface area contributed by atoms with Gasteiger partial charge in [0, 0.05) is 6.07 Å². The van der Waals surface area contributed by atoms with Gasteiger partial charge in [0.2, 0.25) is 5.16 Å². The number of tetrazole rings is 1. The second-order valence-electron chi connectivity index (χ2n) is 4.10. The first kappa shape index (κ1) is 14.5. The summed E-state index contributed by atoms with van der Waals surface area (Å²) in [6.07, 6.45) is 0. The molecule has 0 aliphatic heterocycles. The summed E-state index contributed by atoms with van der Waals surface area (Å²) >= 11 is 0. The van der Waals surface area contributed by atoms with E-state index in [1.54, 1.807) is 22.9 Å². The van der Waals surface area contributed by atoms with Crippen LogP contribution in [0.3, 0.4) is 0 Å². The van der Waals surface area contributed by atoms with Gasteiger partial charge in [0.15, 0.2) is 0 Å². The average Bonchev–Trinajstić information content (AvgIpc) is 3.02. The smallest absolute Gasteiger partial charge is 0.258 e. The first-order chi connectivity index (χ1) is 10.8. The number of nitro benzene ring substituents is 1. The molecule has 0 saturated heterocycles. The van der Waals surface area contributed by atoms with E-state index in [-0.39, 0.29) is 5.69 Å². The molecule has 0 radical (unpaired) electrons. The van der Waals surface area contributed by atoms with E-state index in [0.717, 1.165) is 5.69 Å². The lowest BCUT2D eigenvalue weighted by Gasteiger charge is -2.03. The van der Waals surface area contributed by atoms with Crippen molar-refractivity contribution >= 4 is 27.3 Å². The second kappa shape index (κ2) is 6.58. The van der Waals surface area contributed by atoms with Crippen molar-refractivity contribution in [3.8, 4) is 5.69 Å². The molecule has 0 amide bonds. The van der Waals surface area contributed by atoms with Crippen molar-refractivity contribution in [2.45, 2.75) is 10.1 Å². The molecule has 22 heavy (non-hydrogen) atoms. The SMILES string of the molecule is O=[N+]([O-])c1ccccc1SSc1nnnn1-c1ccccc1. The third-order valence-electron chi connectivity index (χ3n) is 2.71. The normalized spacial score (nSPS) is 10.5. The summed E-state index contributed by atoms with van der Waals surface area (Å²) in [5, 5.41) is 23.1. The Morgan fingerprint density at radius 3 is 2.50 bits per heavy atom. The van der Waals surface area contributed by atoms with Crippen LogP contribution in [0.1, 0.15) is 0 Å². The van der Waals surface area contributed by atoms with Crippen LogP contribution in [0.4, 0.5) is 5.69 Å². The van der Waals surface area contributed by atoms with Crippen molar-refractivity contribution in [2.24, 2.45) is 0 Å². The third kappa shape index (κ3) is 3.10. The predicted molar refractivity (Wildman–Crippen MR) is 84.0 cm³/mol. The van der Waals surface area contributed by atoms with Gasteiger partial charge in [0.1, 0.15) is 0 Å². The fraction of sp³-hybridized carbons (Fsp3) is 0. The molecule has 0 N–H and O–H groups in total. The van der Waals surface area contributed by atoms with Crippen molar-refractivity contribution < 1.29 is 4.92 Å². The van der Waals surface area contributed by atoms with Crippen LogP contribution in [0.2, 0.25) is 0 Å². The molecule has 1 heterocycles. The van der Waals surface area contributed by atoms with Crippen LogP contribution < -0.4 is 0 Å². The fourth-order valence-electron chi connectivity index (χ4n) is 1.72. The zero-order valence-electron chi connectivity index (χ0n) is 11.1. The van der Waals surface area contributed by atoms with Crippen LogP contribution in [-0.2, 0) is 0 Å². The highest BCUT2D eigenvalue weighted by Crippen LogP contribution is 2.40. The topological polar surface area (TPSA) is 86.7 Å². The van der Waals surface area contributed by atoms with Crippen molar-refractivity contribution in [3.63, 3.8) is 0 Å². The maximum absolute atomic E-state index is 11.0. The molecule has 0 spiro atoms. The van der Waals surface area contributed by atoms with Crippen molar-refractivity contribution in [1.82, 2.24) is 20.2 Å². The molecule has 7 nitrogen and oxygen atoms in total. The summed E-state index contributed by atoms with van der Waals surface area (Å²) in [5.41, 5.74) is 0.900. The molecule has 0 atom stereocenters. The van der Waals surface area contributed by atoms with E-state index in [4.69, 9.17) is 0 Å². The van der Waals surface area contributed by atoms with E-state index in [9.17, 15) is 10.1 Å². The van der Waals surface area contributed by atoms with Gasteiger partial charge in [-0.05, 0) is 50.2 Å². The standard InChI is InChI=1S/C13H9N5O2S2/c19-18(20)11-8-4-5-9-12(11)21-22-13-14-15-16-17(13)10-6-2-1-3-7-10/h1-9H. The molecule has 0 aliphatic carbocycles. The fourth-order valence-corrected chi connectivity index (χ4v) is 3.76. The summed E-state index contributed by atoms with van der Waals surface area (Å²) in [6.45, 7) is 0. The molecule has 0 fully saturated rings. The quantitative estimate of drug-likeness (QED) is 0.402. The first-order valence-electron chi connectivity index (χ1n) is 6.17. The molecule has 110 valence electrons. The lowest BCUT2D eigenvalue weighted by molar-refractivity contribution is -0.387. The number of rotatable bonds is 5. The highest BCUT2D eigenvalue weighted by molar-refractivity contribution is 8.76. The summed E-state index contributed by atoms with van der Waals surface area (Å²) in [5.74, 6) is 0. The first-order valence-corrected chi connectivity index (χ1v) is 8.32. The Morgan fingerprint density at radius 1 is 1.00 bits per heavy atom. The molecule has 3 aromatic rings. The number of aromatic nitrogens is 4. The van der Waals surface area contributed by atoms with Crippen molar-refractivity contribution in [2.75, 3.05) is 0 Å². The van der Waals surface area contributed by atoms with E-state index in [2.05, 4.69) is 15.5 Å². The van der Waals surface area contributed by atoms with Gasteiger partial charge in [-0.2, -0.15) is 4.68 Å². The van der Waals surface area contributed by atoms with Gasteiger partial charge in [0.05, 0.1) is 15.5 Å². The Hall–Kier alpha value is -2.39. The molecule has 0 unspecified atom stereocenters. The lowest BCUT2D eigenvalue weighted by atomic mass is 10.3. The number of para-hydroxylation sites is 2. The summed E-state index contributed by atoms with van der Waals surface area (Å²) < 4.78 is 1.59. The molecule has 0 aliphatic rings. The Kier molecular flexibility index (Phi) is 4.35. The minimum Gasteiger partial charge on any atom is -0.258 e. The van der Waals surface area contributed by atoms with Gasteiger partial charge in [-0.15, -0.1) is 5.10 Å². The van der Waals surface area contributed by atoms with E-state index in [0.29, 0.717) is 10.1 Å². The highest BCUT2D eigenvalue weighted by Gasteiger charge is 2.16. The largest absolute Gasteiger partial charge is 0.283 e. The molecule has 3 rings (SSSR count). The molecular formula is C13H9N5O2S2. The zero-order chi connectivity index (χ0) is 15.4. The zero-order valence-corrected chi connectivity index (χ0v) is 12.7. The summed E-state index contributed by atoms with van der Waals surface area (Å²) in [6, 6.07) is 16.0. The van der Waals surface area contributed by atoms with E-state index >= 15 is 0 Å². The van der Waals surface area contributed by atoms with Crippen LogP contribution in [-0.4, -0.2) is 25.1 Å². The number of nitrogens with zero attached hydrogens (tertiary/aromatic N) is 5. The second-order valence-corrected chi connectivity index (χ2v) is 6.24. The Bertz CT molecular complexity index is 794. The summed E-state index contributed by atoms with van der Waals surface area (Å²) in [7, 11) is 2.53. The molecular weight excluding hydrogens is 322 g/mol. The van der Waals surface area contributed by atoms with Gasteiger partial charge >= 0.3 is 0 Å². The van der Waals surface area contributed by atoms with Crippen molar-refractivity contribution in [3.05, 3.63) is 64.7 Å². The van der Waals surface area contributed by atoms with Crippen LogP contribution >= 0.6 is 21.6 Å². The third-order valence-corrected chi connectivity index (χ3v) is 4.96. The molecule has 0 saturated carbocycles. The molecule has 0 bridgehead atoms. The molecule has 9 heteroatoms. The van der Waals surface area contributed by atoms with E-state index in [1.807, 2.05) is 30.3 Å². The number of hydrogen-bond donors (Lipinski definition) is 0. The minimum absolute atomic E-state index is 0.0683. The highest BCUT2D eigenvalue weighted by atomic mass is 33.1. The number of hydrogen-bond acceptors (Lipinski definition) is 7. The molecule has 2 aromatic carbocycles. The minimum atomic E-state index is -0.400. The van der Waals surface area contributed by atoms with Crippen LogP contribution in [0.15, 0.2) is 64.6 Å². The van der Waals surface area contributed by atoms with E-state index in [1.165, 1.54) is 27.7 Å². The van der Waals surface area contributed by atoms with Gasteiger partial charge in [-0.25, -0.2) is 0 Å². The van der Waals surface area contributed by atoms with Gasteiger partial charge in [-0.1, -0.05) is 30.3 Å². The maximum Gasteiger partial charge on any atom is 0.283 e. The number of nitro groups is 1. The predicted octanol–water partition coefficient (Wildman–Crippen LogP) is 3.37. The van der Waals surface area contributed by atoms with Crippen LogP contribution in [0, 0.1) is 10.1 Å². The van der Waals surface area contributed by atoms with Crippen LogP contribution in [0.5, 0.6) is 0 Å². The Balaban J connectivity index is 1.82. The lowest BCUT2D eigenvalue weighted by Crippen LogP contribution is -1.97. The monoisotopic (exact) mass is 331 g/mol. The van der Waals surface area contributed by atoms with Crippen molar-refractivity contribution in [1.29, 1.82) is 0 Å². The Labute approximate surface area is 133 Å². The van der Waals surface area contributed by atoms with Gasteiger partial charge < -0.3 is 0 Å². The Morgan fingerprint density at radius 2 is 1.73 bits per heavy atom. The maximum atomic E-state index is 11.0.